The second kappa shape index (κ2) is 4.09. The molecular weight excluding hydrogens is 176 g/mol. The largest absolute Gasteiger partial charge is 0.309 e. The first kappa shape index (κ1) is 9.65. The molecule has 2 atom stereocenters. The number of hydrogen-bond acceptors (Lipinski definition) is 3. The van der Waals surface area contributed by atoms with Gasteiger partial charge in [0, 0.05) is 7.05 Å². The van der Waals surface area contributed by atoms with Crippen LogP contribution in [0.15, 0.2) is 6.20 Å². The fourth-order valence-electron chi connectivity index (χ4n) is 2.21. The molecule has 2 heterocycles. The molecule has 1 N–H and O–H groups in total. The van der Waals surface area contributed by atoms with Gasteiger partial charge >= 0.3 is 0 Å². The van der Waals surface area contributed by atoms with E-state index in [2.05, 4.69) is 22.6 Å². The molecule has 1 aliphatic rings. The summed E-state index contributed by atoms with van der Waals surface area (Å²) in [5.41, 5.74) is 1.21. The number of nitrogens with zero attached hydrogens (tertiary/aromatic N) is 3. The van der Waals surface area contributed by atoms with Gasteiger partial charge in [0.15, 0.2) is 0 Å². The Bertz CT molecular complexity index is 294. The predicted octanol–water partition coefficient (Wildman–Crippen LogP) is 1.27. The molecule has 0 aromatic carbocycles. The lowest BCUT2D eigenvalue weighted by atomic mass is 9.89. The zero-order valence-corrected chi connectivity index (χ0v) is 8.90. The molecule has 14 heavy (non-hydrogen) atoms. The summed E-state index contributed by atoms with van der Waals surface area (Å²) in [6, 6.07) is 0.452. The van der Waals surface area contributed by atoms with Crippen molar-refractivity contribution in [1.29, 1.82) is 0 Å². The lowest BCUT2D eigenvalue weighted by molar-refractivity contribution is 0.290. The van der Waals surface area contributed by atoms with E-state index in [1.807, 2.05) is 17.9 Å². The van der Waals surface area contributed by atoms with Gasteiger partial charge in [0.1, 0.15) is 0 Å². The normalized spacial score (nSPS) is 27.9. The Morgan fingerprint density at radius 2 is 2.50 bits per heavy atom. The van der Waals surface area contributed by atoms with E-state index in [1.54, 1.807) is 0 Å². The smallest absolute Gasteiger partial charge is 0.0753 e. The topological polar surface area (TPSA) is 42.7 Å². The van der Waals surface area contributed by atoms with Gasteiger partial charge in [0.25, 0.3) is 0 Å². The van der Waals surface area contributed by atoms with Gasteiger partial charge in [-0.1, -0.05) is 18.6 Å². The molecule has 1 aromatic rings. The van der Waals surface area contributed by atoms with Gasteiger partial charge in [-0.25, -0.2) is 0 Å². The van der Waals surface area contributed by atoms with Gasteiger partial charge in [0.05, 0.1) is 17.9 Å². The van der Waals surface area contributed by atoms with Crippen LogP contribution in [0, 0.1) is 5.92 Å². The zero-order valence-electron chi connectivity index (χ0n) is 8.90. The third-order valence-electron chi connectivity index (χ3n) is 3.20. The highest BCUT2D eigenvalue weighted by molar-refractivity contribution is 5.03. The van der Waals surface area contributed by atoms with Gasteiger partial charge in [-0.05, 0) is 25.3 Å². The van der Waals surface area contributed by atoms with E-state index >= 15 is 0 Å². The van der Waals surface area contributed by atoms with E-state index in [0.29, 0.717) is 6.04 Å². The number of piperidine rings is 1. The Hall–Kier alpha value is -0.900. The number of nitrogens with one attached hydrogen (secondary N) is 1. The first-order valence-corrected chi connectivity index (χ1v) is 5.39. The van der Waals surface area contributed by atoms with Crippen LogP contribution in [0.1, 0.15) is 37.9 Å². The molecule has 2 rings (SSSR count). The second-order valence-electron chi connectivity index (χ2n) is 4.09. The fraction of sp³-hybridized carbons (Fsp3) is 0.800. The van der Waals surface area contributed by atoms with Crippen LogP contribution in [0.25, 0.3) is 0 Å². The van der Waals surface area contributed by atoms with Crippen LogP contribution in [0.2, 0.25) is 0 Å². The summed E-state index contributed by atoms with van der Waals surface area (Å²) in [6.07, 6.45) is 5.68. The monoisotopic (exact) mass is 194 g/mol. The van der Waals surface area contributed by atoms with Crippen LogP contribution >= 0.6 is 0 Å². The summed E-state index contributed by atoms with van der Waals surface area (Å²) >= 11 is 0. The Balaban J connectivity index is 2.08. The van der Waals surface area contributed by atoms with Crippen molar-refractivity contribution in [2.45, 2.75) is 32.2 Å². The fourth-order valence-corrected chi connectivity index (χ4v) is 2.21. The molecule has 0 saturated carbocycles. The van der Waals surface area contributed by atoms with E-state index < -0.39 is 0 Å². The van der Waals surface area contributed by atoms with Gasteiger partial charge in [-0.2, -0.15) is 0 Å². The summed E-state index contributed by atoms with van der Waals surface area (Å²) in [4.78, 5) is 0. The molecule has 1 aromatic heterocycles. The van der Waals surface area contributed by atoms with Crippen molar-refractivity contribution in [3.05, 3.63) is 11.9 Å². The van der Waals surface area contributed by atoms with E-state index in [9.17, 15) is 0 Å². The highest BCUT2D eigenvalue weighted by Crippen LogP contribution is 2.27. The summed E-state index contributed by atoms with van der Waals surface area (Å²) in [7, 11) is 1.96. The van der Waals surface area contributed by atoms with E-state index in [0.717, 1.165) is 12.5 Å². The van der Waals surface area contributed by atoms with Gasteiger partial charge in [0.2, 0.25) is 0 Å². The average molecular weight is 194 g/mol. The first-order chi connectivity index (χ1) is 6.81. The van der Waals surface area contributed by atoms with Gasteiger partial charge in [-0.15, -0.1) is 5.10 Å². The summed E-state index contributed by atoms with van der Waals surface area (Å²) in [6.45, 7) is 3.39. The number of aromatic nitrogens is 3. The zero-order chi connectivity index (χ0) is 9.97. The lowest BCUT2D eigenvalue weighted by Gasteiger charge is -2.29. The molecule has 4 heteroatoms. The van der Waals surface area contributed by atoms with Crippen molar-refractivity contribution in [1.82, 2.24) is 20.3 Å². The third kappa shape index (κ3) is 1.80. The van der Waals surface area contributed by atoms with Gasteiger partial charge < -0.3 is 5.32 Å². The second-order valence-corrected chi connectivity index (χ2v) is 4.09. The molecule has 78 valence electrons. The first-order valence-electron chi connectivity index (χ1n) is 5.39. The van der Waals surface area contributed by atoms with Crippen molar-refractivity contribution in [2.24, 2.45) is 13.0 Å². The number of aryl methyl sites for hydroxylation is 1. The van der Waals surface area contributed by atoms with E-state index in [-0.39, 0.29) is 0 Å². The molecule has 0 amide bonds. The van der Waals surface area contributed by atoms with Crippen LogP contribution in [-0.4, -0.2) is 21.5 Å². The molecule has 4 nitrogen and oxygen atoms in total. The summed E-state index contributed by atoms with van der Waals surface area (Å²) in [5, 5.41) is 11.4. The Kier molecular flexibility index (Phi) is 2.82. The van der Waals surface area contributed by atoms with E-state index in [4.69, 9.17) is 0 Å². The average Bonchev–Trinajstić information content (AvgIpc) is 2.65. The Morgan fingerprint density at radius 3 is 3.14 bits per heavy atom. The highest BCUT2D eigenvalue weighted by Gasteiger charge is 2.23. The molecule has 0 radical (unpaired) electrons. The maximum atomic E-state index is 3.97. The minimum atomic E-state index is 0.452. The number of rotatable bonds is 2. The molecule has 0 spiro atoms. The predicted molar refractivity (Wildman–Crippen MR) is 54.8 cm³/mol. The van der Waals surface area contributed by atoms with Crippen molar-refractivity contribution in [2.75, 3.05) is 6.54 Å². The Labute approximate surface area is 84.7 Å². The standard InChI is InChI=1S/C10H18N4/c1-3-8-4-5-11-9(6-8)10-7-12-13-14(10)2/h7-9,11H,3-6H2,1-2H3. The molecule has 1 aliphatic heterocycles. The molecule has 0 aliphatic carbocycles. The van der Waals surface area contributed by atoms with Crippen LogP contribution in [-0.2, 0) is 7.05 Å². The molecule has 1 saturated heterocycles. The summed E-state index contributed by atoms with van der Waals surface area (Å²) in [5.74, 6) is 0.858. The van der Waals surface area contributed by atoms with Crippen molar-refractivity contribution in [3.63, 3.8) is 0 Å². The molecule has 1 fully saturated rings. The quantitative estimate of drug-likeness (QED) is 0.771. The summed E-state index contributed by atoms with van der Waals surface area (Å²) < 4.78 is 1.87. The van der Waals surface area contributed by atoms with E-state index in [1.165, 1.54) is 25.0 Å². The highest BCUT2D eigenvalue weighted by atomic mass is 15.4. The van der Waals surface area contributed by atoms with Crippen molar-refractivity contribution in [3.8, 4) is 0 Å². The SMILES string of the molecule is CCC1CCNC(c2cnnn2C)C1. The van der Waals surface area contributed by atoms with Crippen LogP contribution < -0.4 is 5.32 Å². The van der Waals surface area contributed by atoms with Crippen molar-refractivity contribution < 1.29 is 0 Å². The van der Waals surface area contributed by atoms with Gasteiger partial charge in [-0.3, -0.25) is 4.68 Å². The van der Waals surface area contributed by atoms with Crippen molar-refractivity contribution >= 4 is 0 Å². The number of hydrogen-bond donors (Lipinski definition) is 1. The maximum absolute atomic E-state index is 3.97. The molecule has 0 bridgehead atoms. The minimum Gasteiger partial charge on any atom is -0.309 e. The third-order valence-corrected chi connectivity index (χ3v) is 3.20. The van der Waals surface area contributed by atoms with Crippen LogP contribution in [0.4, 0.5) is 0 Å². The minimum absolute atomic E-state index is 0.452. The maximum Gasteiger partial charge on any atom is 0.0753 e. The lowest BCUT2D eigenvalue weighted by Crippen LogP contribution is -2.32. The molecular formula is C10H18N4. The van der Waals surface area contributed by atoms with Crippen LogP contribution in [0.5, 0.6) is 0 Å². The Morgan fingerprint density at radius 1 is 1.64 bits per heavy atom. The molecule has 2 unspecified atom stereocenters. The van der Waals surface area contributed by atoms with Crippen LogP contribution in [0.3, 0.4) is 0 Å².